The van der Waals surface area contributed by atoms with Crippen LogP contribution in [0.4, 0.5) is 5.82 Å². The molecule has 0 spiro atoms. The van der Waals surface area contributed by atoms with E-state index in [-0.39, 0.29) is 22.9 Å². The first-order chi connectivity index (χ1) is 12.8. The van der Waals surface area contributed by atoms with Gasteiger partial charge in [-0.15, -0.1) is 0 Å². The number of aromatic carboxylic acids is 1. The predicted octanol–water partition coefficient (Wildman–Crippen LogP) is 3.43. The van der Waals surface area contributed by atoms with Crippen molar-refractivity contribution in [2.45, 2.75) is 13.1 Å². The third kappa shape index (κ3) is 4.79. The molecule has 0 atom stereocenters. The van der Waals surface area contributed by atoms with Gasteiger partial charge in [-0.3, -0.25) is 14.2 Å². The maximum atomic E-state index is 12.1. The summed E-state index contributed by atoms with van der Waals surface area (Å²) in [5, 5.41) is 20.7. The van der Waals surface area contributed by atoms with Crippen molar-refractivity contribution in [3.8, 4) is 0 Å². The minimum Gasteiger partial charge on any atom is -0.478 e. The maximum Gasteiger partial charge on any atom is 0.338 e. The average Bonchev–Trinajstić information content (AvgIpc) is 3.17. The summed E-state index contributed by atoms with van der Waals surface area (Å²) in [4.78, 5) is 22.9. The number of rotatable bonds is 6. The van der Waals surface area contributed by atoms with E-state index in [9.17, 15) is 9.59 Å². The second-order valence-corrected chi connectivity index (χ2v) is 6.79. The normalized spacial score (nSPS) is 10.8. The number of anilines is 1. The Bertz CT molecular complexity index is 1010. The van der Waals surface area contributed by atoms with Gasteiger partial charge in [-0.2, -0.15) is 10.2 Å². The van der Waals surface area contributed by atoms with Crippen molar-refractivity contribution < 1.29 is 14.7 Å². The van der Waals surface area contributed by atoms with E-state index in [0.717, 1.165) is 11.8 Å². The summed E-state index contributed by atoms with van der Waals surface area (Å²) in [5.74, 6) is -1.40. The first kappa shape index (κ1) is 19.2. The molecular formula is C16H12Cl3N5O3. The SMILES string of the molecule is O=C(Cn1cc(C(=O)O)cn1)Nc1nn(Cc2ccc(Cl)cc2Cl)cc1Cl. The van der Waals surface area contributed by atoms with Crippen LogP contribution in [0.3, 0.4) is 0 Å². The Hall–Kier alpha value is -2.55. The Morgan fingerprint density at radius 2 is 1.89 bits per heavy atom. The number of carboxylic acid groups (broad SMARTS) is 1. The highest BCUT2D eigenvalue weighted by Gasteiger charge is 2.14. The van der Waals surface area contributed by atoms with Gasteiger partial charge in [0, 0.05) is 22.4 Å². The van der Waals surface area contributed by atoms with Crippen LogP contribution < -0.4 is 5.32 Å². The number of nitrogens with one attached hydrogen (secondary N) is 1. The van der Waals surface area contributed by atoms with Crippen LogP contribution in [0.2, 0.25) is 15.1 Å². The van der Waals surface area contributed by atoms with Crippen molar-refractivity contribution in [1.29, 1.82) is 0 Å². The minimum atomic E-state index is -1.12. The van der Waals surface area contributed by atoms with Crippen molar-refractivity contribution in [2.75, 3.05) is 5.32 Å². The van der Waals surface area contributed by atoms with Crippen molar-refractivity contribution in [3.05, 3.63) is 63.0 Å². The highest BCUT2D eigenvalue weighted by molar-refractivity contribution is 6.35. The monoisotopic (exact) mass is 427 g/mol. The molecule has 0 saturated carbocycles. The van der Waals surface area contributed by atoms with Crippen LogP contribution >= 0.6 is 34.8 Å². The van der Waals surface area contributed by atoms with Gasteiger partial charge in [0.15, 0.2) is 5.82 Å². The Labute approximate surface area is 168 Å². The molecule has 0 saturated heterocycles. The van der Waals surface area contributed by atoms with E-state index in [4.69, 9.17) is 39.9 Å². The van der Waals surface area contributed by atoms with Gasteiger partial charge in [0.05, 0.1) is 18.3 Å². The molecular weight excluding hydrogens is 417 g/mol. The zero-order valence-corrected chi connectivity index (χ0v) is 15.8. The molecule has 3 aromatic rings. The number of carbonyl (C=O) groups is 2. The van der Waals surface area contributed by atoms with Gasteiger partial charge in [0.25, 0.3) is 0 Å². The molecule has 11 heteroatoms. The second-order valence-electron chi connectivity index (χ2n) is 5.54. The highest BCUT2D eigenvalue weighted by atomic mass is 35.5. The Kier molecular flexibility index (Phi) is 5.69. The molecule has 0 aliphatic heterocycles. The maximum absolute atomic E-state index is 12.1. The number of halogens is 3. The fourth-order valence-electron chi connectivity index (χ4n) is 2.27. The van der Waals surface area contributed by atoms with Gasteiger partial charge in [0.1, 0.15) is 11.6 Å². The van der Waals surface area contributed by atoms with E-state index in [1.54, 1.807) is 24.4 Å². The third-order valence-electron chi connectivity index (χ3n) is 3.51. The summed E-state index contributed by atoms with van der Waals surface area (Å²) >= 11 is 18.1. The van der Waals surface area contributed by atoms with E-state index in [1.807, 2.05) is 0 Å². The molecule has 1 aromatic carbocycles. The van der Waals surface area contributed by atoms with Crippen LogP contribution in [-0.2, 0) is 17.9 Å². The third-order valence-corrected chi connectivity index (χ3v) is 4.37. The molecule has 140 valence electrons. The molecule has 0 aliphatic rings. The molecule has 0 fully saturated rings. The first-order valence-electron chi connectivity index (χ1n) is 7.54. The van der Waals surface area contributed by atoms with Crippen LogP contribution in [0.5, 0.6) is 0 Å². The summed E-state index contributed by atoms with van der Waals surface area (Å²) in [6.07, 6.45) is 3.97. The van der Waals surface area contributed by atoms with Gasteiger partial charge < -0.3 is 10.4 Å². The molecule has 0 bridgehead atoms. The second kappa shape index (κ2) is 7.99. The number of carboxylic acids is 1. The molecule has 3 rings (SSSR count). The lowest BCUT2D eigenvalue weighted by Crippen LogP contribution is -2.19. The number of hydrogen-bond acceptors (Lipinski definition) is 4. The minimum absolute atomic E-state index is 0.00930. The Balaban J connectivity index is 1.66. The number of carbonyl (C=O) groups excluding carboxylic acids is 1. The number of nitrogens with zero attached hydrogens (tertiary/aromatic N) is 4. The number of aromatic nitrogens is 4. The summed E-state index contributed by atoms with van der Waals surface area (Å²) in [6.45, 7) is 0.159. The zero-order chi connectivity index (χ0) is 19.6. The van der Waals surface area contributed by atoms with Crippen LogP contribution in [0.1, 0.15) is 15.9 Å². The summed E-state index contributed by atoms with van der Waals surface area (Å²) in [5.41, 5.74) is 0.779. The van der Waals surface area contributed by atoms with Crippen LogP contribution in [0.15, 0.2) is 36.8 Å². The molecule has 1 amide bonds. The predicted molar refractivity (Wildman–Crippen MR) is 101 cm³/mol. The standard InChI is InChI=1S/C16H12Cl3N5O3/c17-11-2-1-9(12(18)3-11)5-24-7-13(19)15(22-24)21-14(25)8-23-6-10(4-20-23)16(26)27/h1-4,6-7H,5,8H2,(H,26,27)(H,21,22,25). The van der Waals surface area contributed by atoms with Crippen molar-refractivity contribution in [3.63, 3.8) is 0 Å². The van der Waals surface area contributed by atoms with Crippen molar-refractivity contribution >= 4 is 52.5 Å². The molecule has 0 unspecified atom stereocenters. The van der Waals surface area contributed by atoms with Gasteiger partial charge in [-0.05, 0) is 17.7 Å². The van der Waals surface area contributed by atoms with E-state index in [2.05, 4.69) is 15.5 Å². The summed E-state index contributed by atoms with van der Waals surface area (Å²) in [7, 11) is 0. The van der Waals surface area contributed by atoms with E-state index < -0.39 is 11.9 Å². The fraction of sp³-hybridized carbons (Fsp3) is 0.125. The molecule has 0 aliphatic carbocycles. The topological polar surface area (TPSA) is 102 Å². The molecule has 2 N–H and O–H groups in total. The van der Waals surface area contributed by atoms with Crippen LogP contribution in [0, 0.1) is 0 Å². The van der Waals surface area contributed by atoms with Gasteiger partial charge >= 0.3 is 5.97 Å². The molecule has 8 nitrogen and oxygen atoms in total. The number of hydrogen-bond donors (Lipinski definition) is 2. The quantitative estimate of drug-likeness (QED) is 0.626. The van der Waals surface area contributed by atoms with E-state index in [1.165, 1.54) is 15.6 Å². The largest absolute Gasteiger partial charge is 0.478 e. The lowest BCUT2D eigenvalue weighted by Gasteiger charge is -2.05. The van der Waals surface area contributed by atoms with E-state index in [0.29, 0.717) is 16.6 Å². The summed E-state index contributed by atoms with van der Waals surface area (Å²) in [6, 6.07) is 5.12. The molecule has 2 aromatic heterocycles. The fourth-order valence-corrected chi connectivity index (χ4v) is 2.93. The molecule has 27 heavy (non-hydrogen) atoms. The Morgan fingerprint density at radius 3 is 2.56 bits per heavy atom. The lowest BCUT2D eigenvalue weighted by atomic mass is 10.2. The van der Waals surface area contributed by atoms with Crippen molar-refractivity contribution in [2.24, 2.45) is 0 Å². The zero-order valence-electron chi connectivity index (χ0n) is 13.6. The highest BCUT2D eigenvalue weighted by Crippen LogP contribution is 2.24. The molecule has 2 heterocycles. The Morgan fingerprint density at radius 1 is 1.11 bits per heavy atom. The van der Waals surface area contributed by atoms with Gasteiger partial charge in [0.2, 0.25) is 5.91 Å². The number of benzene rings is 1. The average molecular weight is 429 g/mol. The van der Waals surface area contributed by atoms with Crippen LogP contribution in [-0.4, -0.2) is 36.5 Å². The number of amides is 1. The summed E-state index contributed by atoms with van der Waals surface area (Å²) < 4.78 is 2.74. The smallest absolute Gasteiger partial charge is 0.338 e. The van der Waals surface area contributed by atoms with E-state index >= 15 is 0 Å². The lowest BCUT2D eigenvalue weighted by molar-refractivity contribution is -0.116. The van der Waals surface area contributed by atoms with Gasteiger partial charge in [-0.1, -0.05) is 40.9 Å². The first-order valence-corrected chi connectivity index (χ1v) is 8.67. The van der Waals surface area contributed by atoms with Gasteiger partial charge in [-0.25, -0.2) is 4.79 Å². The van der Waals surface area contributed by atoms with Crippen LogP contribution in [0.25, 0.3) is 0 Å². The molecule has 0 radical (unpaired) electrons. The van der Waals surface area contributed by atoms with Crippen molar-refractivity contribution in [1.82, 2.24) is 19.6 Å².